The van der Waals surface area contributed by atoms with Crippen LogP contribution in [0.3, 0.4) is 0 Å². The van der Waals surface area contributed by atoms with Gasteiger partial charge in [-0.15, -0.1) is 0 Å². The number of benzene rings is 1. The fourth-order valence-corrected chi connectivity index (χ4v) is 5.15. The molecule has 4 aromatic rings. The number of piperazine rings is 1. The highest BCUT2D eigenvalue weighted by atomic mass is 35.5. The summed E-state index contributed by atoms with van der Waals surface area (Å²) in [6, 6.07) is 11.4. The summed E-state index contributed by atoms with van der Waals surface area (Å²) in [7, 11) is 0. The molecule has 0 unspecified atom stereocenters. The number of aryl methyl sites for hydroxylation is 1. The average Bonchev–Trinajstić information content (AvgIpc) is 3.36. The summed E-state index contributed by atoms with van der Waals surface area (Å²) in [4.78, 5) is 27.3. The molecule has 1 aliphatic rings. The van der Waals surface area contributed by atoms with Crippen molar-refractivity contribution >= 4 is 44.3 Å². The zero-order chi connectivity index (χ0) is 22.2. The molecule has 9 heteroatoms. The quantitative estimate of drug-likeness (QED) is 0.454. The van der Waals surface area contributed by atoms with Gasteiger partial charge in [0.2, 0.25) is 5.91 Å². The minimum Gasteiger partial charge on any atom is -0.344 e. The number of nitrogens with zero attached hydrogens (tertiary/aromatic N) is 6. The third kappa shape index (κ3) is 3.96. The second kappa shape index (κ2) is 8.52. The van der Waals surface area contributed by atoms with Crippen molar-refractivity contribution in [2.45, 2.75) is 20.3 Å². The van der Waals surface area contributed by atoms with Crippen molar-refractivity contribution in [1.82, 2.24) is 24.6 Å². The number of rotatable bonds is 4. The number of amides is 1. The Morgan fingerprint density at radius 3 is 2.56 bits per heavy atom. The molecule has 164 valence electrons. The van der Waals surface area contributed by atoms with Crippen molar-refractivity contribution in [2.75, 3.05) is 31.1 Å². The molecule has 5 rings (SSSR count). The largest absolute Gasteiger partial charge is 0.344 e. The normalized spacial score (nSPS) is 14.3. The van der Waals surface area contributed by atoms with Crippen molar-refractivity contribution in [2.24, 2.45) is 0 Å². The Labute approximate surface area is 195 Å². The molecule has 3 aromatic heterocycles. The number of halogens is 1. The molecular weight excluding hydrogens is 444 g/mol. The van der Waals surface area contributed by atoms with E-state index in [0.717, 1.165) is 51.2 Å². The molecule has 1 aliphatic heterocycles. The molecule has 7 nitrogen and oxygen atoms in total. The Morgan fingerprint density at radius 2 is 1.84 bits per heavy atom. The van der Waals surface area contributed by atoms with Gasteiger partial charge in [-0.1, -0.05) is 22.9 Å². The maximum atomic E-state index is 13.1. The van der Waals surface area contributed by atoms with Crippen LogP contribution in [0.5, 0.6) is 0 Å². The highest BCUT2D eigenvalue weighted by molar-refractivity contribution is 7.21. The molecule has 0 N–H and O–H groups in total. The van der Waals surface area contributed by atoms with E-state index >= 15 is 0 Å². The molecular formula is C23H23ClN6OS. The first-order valence-electron chi connectivity index (χ1n) is 10.5. The summed E-state index contributed by atoms with van der Waals surface area (Å²) in [5.74, 6) is 0.137. The van der Waals surface area contributed by atoms with E-state index in [1.54, 1.807) is 17.5 Å². The van der Waals surface area contributed by atoms with Crippen molar-refractivity contribution in [3.05, 3.63) is 64.6 Å². The van der Waals surface area contributed by atoms with Gasteiger partial charge in [-0.3, -0.25) is 4.79 Å². The van der Waals surface area contributed by atoms with Crippen molar-refractivity contribution in [1.29, 1.82) is 0 Å². The minimum atomic E-state index is 0.137. The number of thiazole rings is 1. The summed E-state index contributed by atoms with van der Waals surface area (Å²) in [5.41, 5.74) is 4.72. The van der Waals surface area contributed by atoms with E-state index in [-0.39, 0.29) is 5.91 Å². The van der Waals surface area contributed by atoms with Crippen LogP contribution in [0, 0.1) is 13.8 Å². The molecule has 0 atom stereocenters. The van der Waals surface area contributed by atoms with Crippen molar-refractivity contribution in [3.63, 3.8) is 0 Å². The number of hydrogen-bond acceptors (Lipinski definition) is 6. The minimum absolute atomic E-state index is 0.137. The Kier molecular flexibility index (Phi) is 5.57. The van der Waals surface area contributed by atoms with Crippen LogP contribution < -0.4 is 4.90 Å². The van der Waals surface area contributed by atoms with Gasteiger partial charge in [-0.05, 0) is 50.2 Å². The Hall–Kier alpha value is -2.97. The molecule has 0 aliphatic carbocycles. The Morgan fingerprint density at radius 1 is 1.09 bits per heavy atom. The van der Waals surface area contributed by atoms with Crippen LogP contribution in [0.1, 0.15) is 17.0 Å². The van der Waals surface area contributed by atoms with Crippen molar-refractivity contribution < 1.29 is 4.79 Å². The molecule has 1 saturated heterocycles. The third-order valence-corrected chi connectivity index (χ3v) is 7.19. The maximum Gasteiger partial charge on any atom is 0.227 e. The first-order valence-corrected chi connectivity index (χ1v) is 11.7. The second-order valence-electron chi connectivity index (χ2n) is 7.91. The van der Waals surface area contributed by atoms with E-state index in [1.165, 1.54) is 0 Å². The van der Waals surface area contributed by atoms with Gasteiger partial charge in [-0.25, -0.2) is 14.6 Å². The topological polar surface area (TPSA) is 67.2 Å². The van der Waals surface area contributed by atoms with Crippen LogP contribution in [0.15, 0.2) is 42.6 Å². The molecule has 1 fully saturated rings. The second-order valence-corrected chi connectivity index (χ2v) is 9.30. The molecule has 0 radical (unpaired) electrons. The van der Waals surface area contributed by atoms with Crippen LogP contribution in [-0.4, -0.2) is 56.7 Å². The molecule has 0 bridgehead atoms. The molecule has 1 amide bonds. The average molecular weight is 467 g/mol. The number of carbonyl (C=O) groups is 1. The number of carbonyl (C=O) groups excluding carboxylic acids is 1. The van der Waals surface area contributed by atoms with Crippen molar-refractivity contribution in [3.8, 4) is 5.69 Å². The van der Waals surface area contributed by atoms with Crippen LogP contribution >= 0.6 is 22.9 Å². The maximum absolute atomic E-state index is 13.1. The first-order chi connectivity index (χ1) is 15.5. The zero-order valence-electron chi connectivity index (χ0n) is 18.0. The lowest BCUT2D eigenvalue weighted by Crippen LogP contribution is -2.49. The van der Waals surface area contributed by atoms with E-state index in [2.05, 4.69) is 15.0 Å². The van der Waals surface area contributed by atoms with E-state index < -0.39 is 0 Å². The summed E-state index contributed by atoms with van der Waals surface area (Å²) in [6.45, 7) is 6.88. The fourth-order valence-electron chi connectivity index (χ4n) is 4.07. The molecule has 4 heterocycles. The molecule has 0 saturated carbocycles. The van der Waals surface area contributed by atoms with Gasteiger partial charge in [0.15, 0.2) is 5.13 Å². The van der Waals surface area contributed by atoms with Gasteiger partial charge in [0, 0.05) is 48.7 Å². The van der Waals surface area contributed by atoms with E-state index in [1.807, 2.05) is 59.8 Å². The van der Waals surface area contributed by atoms with Gasteiger partial charge >= 0.3 is 0 Å². The van der Waals surface area contributed by atoms with Crippen LogP contribution in [-0.2, 0) is 11.2 Å². The summed E-state index contributed by atoms with van der Waals surface area (Å²) >= 11 is 7.61. The molecule has 1 aromatic carbocycles. The van der Waals surface area contributed by atoms with E-state index in [4.69, 9.17) is 16.6 Å². The van der Waals surface area contributed by atoms with Gasteiger partial charge < -0.3 is 9.80 Å². The van der Waals surface area contributed by atoms with Crippen LogP contribution in [0.25, 0.3) is 16.0 Å². The highest BCUT2D eigenvalue weighted by Gasteiger charge is 2.25. The van der Waals surface area contributed by atoms with Crippen LogP contribution in [0.2, 0.25) is 5.02 Å². The monoisotopic (exact) mass is 466 g/mol. The van der Waals surface area contributed by atoms with E-state index in [9.17, 15) is 4.79 Å². The van der Waals surface area contributed by atoms with Gasteiger partial charge in [-0.2, -0.15) is 5.10 Å². The van der Waals surface area contributed by atoms with Crippen LogP contribution in [0.4, 0.5) is 5.13 Å². The number of anilines is 1. The smallest absolute Gasteiger partial charge is 0.227 e. The predicted octanol–water partition coefficient (Wildman–Crippen LogP) is 4.04. The van der Waals surface area contributed by atoms with Gasteiger partial charge in [0.05, 0.1) is 17.8 Å². The summed E-state index contributed by atoms with van der Waals surface area (Å²) in [5, 5.41) is 6.32. The van der Waals surface area contributed by atoms with Gasteiger partial charge in [0.25, 0.3) is 0 Å². The molecule has 0 spiro atoms. The van der Waals surface area contributed by atoms with E-state index in [0.29, 0.717) is 24.5 Å². The molecule has 32 heavy (non-hydrogen) atoms. The summed E-state index contributed by atoms with van der Waals surface area (Å²) in [6.07, 6.45) is 2.15. The van der Waals surface area contributed by atoms with Gasteiger partial charge in [0.1, 0.15) is 10.3 Å². The lowest BCUT2D eigenvalue weighted by Gasteiger charge is -2.34. The summed E-state index contributed by atoms with van der Waals surface area (Å²) < 4.78 is 1.88. The first kappa shape index (κ1) is 20.9. The SMILES string of the molecule is Cc1nn(-c2ccc(Cl)cc2)c(C)c1CC(=O)N1CCN(c2nc3cccnc3s2)CC1. The standard InChI is InChI=1S/C23H23ClN6OS/c1-15-19(16(2)30(27-15)18-7-5-17(24)6-8-18)14-21(31)28-10-12-29(13-11-28)23-26-20-4-3-9-25-22(20)32-23/h3-9H,10-14H2,1-2H3. The predicted molar refractivity (Wildman–Crippen MR) is 128 cm³/mol. The highest BCUT2D eigenvalue weighted by Crippen LogP contribution is 2.28. The fraction of sp³-hybridized carbons (Fsp3) is 0.304. The number of aromatic nitrogens is 4. The number of pyridine rings is 1. The zero-order valence-corrected chi connectivity index (χ0v) is 19.5. The number of hydrogen-bond donors (Lipinski definition) is 0. The third-order valence-electron chi connectivity index (χ3n) is 5.90. The number of fused-ring (bicyclic) bond motifs is 1. The lowest BCUT2D eigenvalue weighted by molar-refractivity contribution is -0.130. The Balaban J connectivity index is 1.25. The Bertz CT molecular complexity index is 1240. The lowest BCUT2D eigenvalue weighted by atomic mass is 10.1.